The maximum absolute atomic E-state index is 12.4. The number of benzene rings is 1. The van der Waals surface area contributed by atoms with Crippen LogP contribution in [0.3, 0.4) is 0 Å². The number of ether oxygens (including phenoxy) is 1. The highest BCUT2D eigenvalue weighted by Gasteiger charge is 2.22. The molecule has 0 saturated heterocycles. The van der Waals surface area contributed by atoms with Gasteiger partial charge >= 0.3 is 0 Å². The van der Waals surface area contributed by atoms with Gasteiger partial charge in [-0.25, -0.2) is 18.4 Å². The van der Waals surface area contributed by atoms with E-state index in [0.29, 0.717) is 0 Å². The zero-order valence-corrected chi connectivity index (χ0v) is 13.6. The lowest BCUT2D eigenvalue weighted by atomic mass is 10.4. The Morgan fingerprint density at radius 3 is 2.73 bits per heavy atom. The van der Waals surface area contributed by atoms with Crippen LogP contribution in [0.4, 0.5) is 5.82 Å². The van der Waals surface area contributed by atoms with Crippen molar-refractivity contribution in [1.82, 2.24) is 9.97 Å². The quantitative estimate of drug-likeness (QED) is 0.843. The van der Waals surface area contributed by atoms with Crippen molar-refractivity contribution >= 4 is 39.0 Å². The standard InChI is InChI=1S/C12H11Cl2N3O4S/c1-21-12-11(15-5-7(6-18)16-12)17-22(19,20)9-4-2-3-8(13)10(9)14/h2-5,18H,6H2,1H3,(H,15,17). The van der Waals surface area contributed by atoms with Crippen molar-refractivity contribution in [2.75, 3.05) is 11.8 Å². The van der Waals surface area contributed by atoms with Gasteiger partial charge < -0.3 is 9.84 Å². The van der Waals surface area contributed by atoms with E-state index >= 15 is 0 Å². The predicted molar refractivity (Wildman–Crippen MR) is 81.8 cm³/mol. The first-order valence-corrected chi connectivity index (χ1v) is 8.10. The molecule has 0 aliphatic heterocycles. The maximum atomic E-state index is 12.4. The van der Waals surface area contributed by atoms with E-state index in [2.05, 4.69) is 14.7 Å². The van der Waals surface area contributed by atoms with Gasteiger partial charge in [0.05, 0.1) is 35.7 Å². The molecular formula is C12H11Cl2N3O4S. The normalized spacial score (nSPS) is 11.3. The number of nitrogens with one attached hydrogen (secondary N) is 1. The summed E-state index contributed by atoms with van der Waals surface area (Å²) in [5, 5.41) is 9.01. The van der Waals surface area contributed by atoms with Crippen molar-refractivity contribution < 1.29 is 18.3 Å². The van der Waals surface area contributed by atoms with Crippen LogP contribution < -0.4 is 9.46 Å². The Bertz CT molecular complexity index is 799. The topological polar surface area (TPSA) is 101 Å². The fourth-order valence-corrected chi connectivity index (χ4v) is 3.34. The Morgan fingerprint density at radius 2 is 2.09 bits per heavy atom. The molecular weight excluding hydrogens is 353 g/mol. The number of anilines is 1. The molecule has 2 aromatic rings. The third kappa shape index (κ3) is 3.41. The van der Waals surface area contributed by atoms with E-state index in [1.165, 1.54) is 31.5 Å². The largest absolute Gasteiger partial charge is 0.478 e. The van der Waals surface area contributed by atoms with Gasteiger partial charge in [-0.05, 0) is 12.1 Å². The molecule has 0 aliphatic carbocycles. The Hall–Kier alpha value is -1.61. The zero-order chi connectivity index (χ0) is 16.3. The summed E-state index contributed by atoms with van der Waals surface area (Å²) >= 11 is 11.7. The molecule has 0 spiro atoms. The molecule has 1 aromatic heterocycles. The molecule has 0 aliphatic rings. The average molecular weight is 364 g/mol. The average Bonchev–Trinajstić information content (AvgIpc) is 2.49. The van der Waals surface area contributed by atoms with Gasteiger partial charge in [0.1, 0.15) is 4.90 Å². The number of sulfonamides is 1. The first kappa shape index (κ1) is 16.8. The van der Waals surface area contributed by atoms with Crippen molar-refractivity contribution in [1.29, 1.82) is 0 Å². The van der Waals surface area contributed by atoms with Gasteiger partial charge in [0.25, 0.3) is 15.9 Å². The number of hydrogen-bond donors (Lipinski definition) is 2. The molecule has 7 nitrogen and oxygen atoms in total. The highest BCUT2D eigenvalue weighted by atomic mass is 35.5. The van der Waals surface area contributed by atoms with Crippen LogP contribution in [0.2, 0.25) is 10.0 Å². The number of aliphatic hydroxyl groups is 1. The van der Waals surface area contributed by atoms with Gasteiger partial charge in [-0.2, -0.15) is 0 Å². The lowest BCUT2D eigenvalue weighted by Crippen LogP contribution is -2.16. The minimum atomic E-state index is -4.03. The van der Waals surface area contributed by atoms with Crippen molar-refractivity contribution in [3.8, 4) is 5.88 Å². The van der Waals surface area contributed by atoms with Crippen LogP contribution in [0.5, 0.6) is 5.88 Å². The molecule has 0 atom stereocenters. The van der Waals surface area contributed by atoms with E-state index in [-0.39, 0.29) is 38.9 Å². The molecule has 0 unspecified atom stereocenters. The Balaban J connectivity index is 2.43. The summed E-state index contributed by atoms with van der Waals surface area (Å²) in [7, 11) is -2.73. The van der Waals surface area contributed by atoms with Crippen LogP contribution in [-0.4, -0.2) is 30.6 Å². The first-order valence-electron chi connectivity index (χ1n) is 5.86. The van der Waals surface area contributed by atoms with Gasteiger partial charge in [-0.3, -0.25) is 4.72 Å². The van der Waals surface area contributed by atoms with Crippen LogP contribution in [0.1, 0.15) is 5.69 Å². The number of rotatable bonds is 5. The molecule has 0 fully saturated rings. The van der Waals surface area contributed by atoms with Gasteiger partial charge in [-0.15, -0.1) is 0 Å². The van der Waals surface area contributed by atoms with Gasteiger partial charge in [0, 0.05) is 0 Å². The second kappa shape index (κ2) is 6.66. The maximum Gasteiger partial charge on any atom is 0.264 e. The molecule has 118 valence electrons. The summed E-state index contributed by atoms with van der Waals surface area (Å²) in [5.74, 6) is -0.205. The second-order valence-electron chi connectivity index (χ2n) is 4.03. The molecule has 2 rings (SSSR count). The summed E-state index contributed by atoms with van der Waals surface area (Å²) in [6.07, 6.45) is 1.22. The highest BCUT2D eigenvalue weighted by molar-refractivity contribution is 7.92. The lowest BCUT2D eigenvalue weighted by molar-refractivity contribution is 0.273. The summed E-state index contributed by atoms with van der Waals surface area (Å²) in [6, 6.07) is 4.23. The molecule has 22 heavy (non-hydrogen) atoms. The zero-order valence-electron chi connectivity index (χ0n) is 11.2. The SMILES string of the molecule is COc1nc(CO)cnc1NS(=O)(=O)c1cccc(Cl)c1Cl. The molecule has 0 bridgehead atoms. The van der Waals surface area contributed by atoms with Crippen molar-refractivity contribution in [2.45, 2.75) is 11.5 Å². The smallest absolute Gasteiger partial charge is 0.264 e. The number of aliphatic hydroxyl groups excluding tert-OH is 1. The van der Waals surface area contributed by atoms with Crippen LogP contribution in [0, 0.1) is 0 Å². The third-order valence-corrected chi connectivity index (χ3v) is 4.89. The van der Waals surface area contributed by atoms with E-state index < -0.39 is 10.0 Å². The molecule has 2 N–H and O–H groups in total. The van der Waals surface area contributed by atoms with Crippen LogP contribution in [0.25, 0.3) is 0 Å². The van der Waals surface area contributed by atoms with Crippen LogP contribution in [-0.2, 0) is 16.6 Å². The number of hydrogen-bond acceptors (Lipinski definition) is 6. The number of methoxy groups -OCH3 is 1. The van der Waals surface area contributed by atoms with E-state index in [1.54, 1.807) is 0 Å². The summed E-state index contributed by atoms with van der Waals surface area (Å²) in [4.78, 5) is 7.58. The fraction of sp³-hybridized carbons (Fsp3) is 0.167. The molecule has 1 heterocycles. The summed E-state index contributed by atoms with van der Waals surface area (Å²) in [5.41, 5.74) is 0.237. The van der Waals surface area contributed by atoms with Crippen molar-refractivity contribution in [3.05, 3.63) is 40.1 Å². The van der Waals surface area contributed by atoms with E-state index in [1.807, 2.05) is 0 Å². The number of nitrogens with zero attached hydrogens (tertiary/aromatic N) is 2. The Morgan fingerprint density at radius 1 is 1.36 bits per heavy atom. The van der Waals surface area contributed by atoms with Gasteiger partial charge in [-0.1, -0.05) is 29.3 Å². The molecule has 0 amide bonds. The predicted octanol–water partition coefficient (Wildman–Crippen LogP) is 2.09. The Labute approximate surface area is 136 Å². The first-order chi connectivity index (χ1) is 10.4. The van der Waals surface area contributed by atoms with Gasteiger partial charge in [0.2, 0.25) is 5.82 Å². The van der Waals surface area contributed by atoms with E-state index in [9.17, 15) is 8.42 Å². The van der Waals surface area contributed by atoms with Gasteiger partial charge in [0.15, 0.2) is 0 Å². The monoisotopic (exact) mass is 363 g/mol. The van der Waals surface area contributed by atoms with E-state index in [4.69, 9.17) is 33.0 Å². The minimum Gasteiger partial charge on any atom is -0.478 e. The molecule has 10 heteroatoms. The Kier molecular flexibility index (Phi) is 5.07. The number of halogens is 2. The lowest BCUT2D eigenvalue weighted by Gasteiger charge is -2.12. The van der Waals surface area contributed by atoms with E-state index in [0.717, 1.165) is 0 Å². The second-order valence-corrected chi connectivity index (χ2v) is 6.47. The number of aromatic nitrogens is 2. The fourth-order valence-electron chi connectivity index (χ4n) is 1.57. The third-order valence-electron chi connectivity index (χ3n) is 2.58. The van der Waals surface area contributed by atoms with Crippen molar-refractivity contribution in [2.24, 2.45) is 0 Å². The van der Waals surface area contributed by atoms with Crippen LogP contribution >= 0.6 is 23.2 Å². The molecule has 0 saturated carbocycles. The van der Waals surface area contributed by atoms with Crippen LogP contribution in [0.15, 0.2) is 29.3 Å². The summed E-state index contributed by atoms with van der Waals surface area (Å²) < 4.78 is 31.9. The highest BCUT2D eigenvalue weighted by Crippen LogP contribution is 2.31. The minimum absolute atomic E-state index is 0.0757. The molecule has 1 aromatic carbocycles. The summed E-state index contributed by atoms with van der Waals surface area (Å²) in [6.45, 7) is -0.351. The molecule has 0 radical (unpaired) electrons. The van der Waals surface area contributed by atoms with Crippen molar-refractivity contribution in [3.63, 3.8) is 0 Å².